The van der Waals surface area contributed by atoms with Crippen LogP contribution in [0.3, 0.4) is 0 Å². The van der Waals surface area contributed by atoms with Gasteiger partial charge >= 0.3 is 5.97 Å². The van der Waals surface area contributed by atoms with Crippen LogP contribution >= 0.6 is 0 Å². The Morgan fingerprint density at radius 3 is 1.02 bits per heavy atom. The Morgan fingerprint density at radius 1 is 0.440 bits per heavy atom. The number of unbranched alkanes of at least 4 members (excludes halogenated alkanes) is 11. The number of aliphatic hydroxyl groups is 12. The van der Waals surface area contributed by atoms with E-state index in [-0.39, 0.29) is 6.42 Å². The SMILES string of the molecule is CCCCCCCCCCCCCCC(CC(O)CO)(CC(O)CO)C(CC(O)CO)(CC(O)CO)C(CC(O)CO)(CC(O)CO)C(=O)O. The van der Waals surface area contributed by atoms with Crippen LogP contribution in [0.2, 0.25) is 0 Å². The zero-order chi connectivity index (χ0) is 38.2. The first-order chi connectivity index (χ1) is 23.7. The summed E-state index contributed by atoms with van der Waals surface area (Å²) in [5.41, 5.74) is -6.34. The molecule has 0 fully saturated rings. The molecule has 0 heterocycles. The van der Waals surface area contributed by atoms with Crippen LogP contribution in [-0.4, -0.2) is 149 Å². The van der Waals surface area contributed by atoms with E-state index in [1.807, 2.05) is 0 Å². The van der Waals surface area contributed by atoms with Crippen molar-refractivity contribution in [3.05, 3.63) is 0 Å². The summed E-state index contributed by atoms with van der Waals surface area (Å²) in [6.45, 7) is -3.12. The van der Waals surface area contributed by atoms with Gasteiger partial charge in [0.2, 0.25) is 0 Å². The molecular weight excluding hydrogens is 656 g/mol. The summed E-state index contributed by atoms with van der Waals surface area (Å²) < 4.78 is 0. The molecular formula is C36H72O14. The van der Waals surface area contributed by atoms with Crippen molar-refractivity contribution in [2.24, 2.45) is 16.2 Å². The largest absolute Gasteiger partial charge is 0.481 e. The Kier molecular flexibility index (Phi) is 26.2. The van der Waals surface area contributed by atoms with E-state index in [9.17, 15) is 71.2 Å². The van der Waals surface area contributed by atoms with Crippen molar-refractivity contribution in [3.8, 4) is 0 Å². The zero-order valence-corrected chi connectivity index (χ0v) is 30.4. The highest BCUT2D eigenvalue weighted by molar-refractivity contribution is 5.76. The van der Waals surface area contributed by atoms with Gasteiger partial charge in [-0.05, 0) is 55.8 Å². The summed E-state index contributed by atoms with van der Waals surface area (Å²) in [6.07, 6.45) is -1.85. The fourth-order valence-corrected chi connectivity index (χ4v) is 8.39. The van der Waals surface area contributed by atoms with Gasteiger partial charge in [-0.25, -0.2) is 0 Å². The van der Waals surface area contributed by atoms with Crippen LogP contribution in [0.4, 0.5) is 0 Å². The van der Waals surface area contributed by atoms with Crippen LogP contribution in [0.1, 0.15) is 129 Å². The second-order valence-electron chi connectivity index (χ2n) is 14.6. The maximum Gasteiger partial charge on any atom is 0.310 e. The van der Waals surface area contributed by atoms with Gasteiger partial charge in [0.25, 0.3) is 0 Å². The zero-order valence-electron chi connectivity index (χ0n) is 30.4. The predicted octanol–water partition coefficient (Wildman–Crippen LogP) is 0.581. The Balaban J connectivity index is 7.33. The van der Waals surface area contributed by atoms with Crippen molar-refractivity contribution in [1.82, 2.24) is 0 Å². The van der Waals surface area contributed by atoms with Gasteiger partial charge in [-0.1, -0.05) is 84.0 Å². The summed E-state index contributed by atoms with van der Waals surface area (Å²) in [5, 5.41) is 137. The smallest absolute Gasteiger partial charge is 0.310 e. The molecule has 13 N–H and O–H groups in total. The van der Waals surface area contributed by atoms with Gasteiger partial charge in [0.1, 0.15) is 0 Å². The van der Waals surface area contributed by atoms with Crippen LogP contribution in [0, 0.1) is 16.2 Å². The van der Waals surface area contributed by atoms with Crippen molar-refractivity contribution in [3.63, 3.8) is 0 Å². The molecule has 0 aliphatic heterocycles. The second-order valence-corrected chi connectivity index (χ2v) is 14.6. The maximum atomic E-state index is 13.7. The first-order valence-electron chi connectivity index (χ1n) is 18.7. The number of carboxylic acid groups (broad SMARTS) is 1. The lowest BCUT2D eigenvalue weighted by Crippen LogP contribution is -2.63. The molecule has 0 aliphatic carbocycles. The van der Waals surface area contributed by atoms with Crippen molar-refractivity contribution in [1.29, 1.82) is 0 Å². The van der Waals surface area contributed by atoms with Crippen LogP contribution in [0.15, 0.2) is 0 Å². The van der Waals surface area contributed by atoms with Crippen LogP contribution in [-0.2, 0) is 4.79 Å². The van der Waals surface area contributed by atoms with Crippen molar-refractivity contribution >= 4 is 5.97 Å². The molecule has 6 atom stereocenters. The minimum Gasteiger partial charge on any atom is -0.481 e. The summed E-state index contributed by atoms with van der Waals surface area (Å²) >= 11 is 0. The number of rotatable bonds is 34. The molecule has 0 aromatic carbocycles. The third-order valence-corrected chi connectivity index (χ3v) is 10.7. The number of carboxylic acids is 1. The minimum absolute atomic E-state index is 0.00564. The number of aliphatic hydroxyl groups excluding tert-OH is 12. The van der Waals surface area contributed by atoms with E-state index in [0.717, 1.165) is 32.1 Å². The van der Waals surface area contributed by atoms with Crippen molar-refractivity contribution in [2.75, 3.05) is 39.6 Å². The lowest BCUT2D eigenvalue weighted by molar-refractivity contribution is -0.215. The van der Waals surface area contributed by atoms with E-state index in [1.165, 1.54) is 32.1 Å². The quantitative estimate of drug-likeness (QED) is 0.0404. The number of hydrogen-bond donors (Lipinski definition) is 13. The Labute approximate surface area is 298 Å². The Morgan fingerprint density at radius 2 is 0.720 bits per heavy atom. The number of carbonyl (C=O) groups is 1. The van der Waals surface area contributed by atoms with Gasteiger partial charge in [-0.3, -0.25) is 4.79 Å². The minimum atomic E-state index is -2.47. The summed E-state index contributed by atoms with van der Waals surface area (Å²) in [6, 6.07) is 0. The Hall–Kier alpha value is -1.01. The first-order valence-corrected chi connectivity index (χ1v) is 18.7. The van der Waals surface area contributed by atoms with E-state index in [2.05, 4.69) is 6.92 Å². The van der Waals surface area contributed by atoms with Gasteiger partial charge < -0.3 is 66.4 Å². The summed E-state index contributed by atoms with van der Waals surface area (Å²) in [5.74, 6) is -1.68. The Bertz CT molecular complexity index is 810. The van der Waals surface area contributed by atoms with Crippen LogP contribution in [0.25, 0.3) is 0 Å². The van der Waals surface area contributed by atoms with E-state index in [0.29, 0.717) is 12.8 Å². The van der Waals surface area contributed by atoms with E-state index >= 15 is 0 Å². The standard InChI is InChI=1S/C36H72O14/c1-2-3-4-5-6-7-8-9-10-11-12-13-14-34(15-27(43)21-37,16-28(44)22-38)36(19-31(47)25-41,20-32(48)26-42)35(33(49)50,17-29(45)23-39)18-30(46)24-40/h27-32,37-48H,2-26H2,1H3,(H,49,50). The molecule has 0 spiro atoms. The van der Waals surface area contributed by atoms with E-state index < -0.39 is 137 Å². The van der Waals surface area contributed by atoms with Crippen molar-refractivity contribution in [2.45, 2.75) is 166 Å². The third-order valence-electron chi connectivity index (χ3n) is 10.7. The van der Waals surface area contributed by atoms with Gasteiger partial charge in [0, 0.05) is 0 Å². The highest BCUT2D eigenvalue weighted by Crippen LogP contribution is 2.66. The molecule has 0 saturated carbocycles. The predicted molar refractivity (Wildman–Crippen MR) is 187 cm³/mol. The summed E-state index contributed by atoms with van der Waals surface area (Å²) in [4.78, 5) is 13.7. The van der Waals surface area contributed by atoms with Crippen LogP contribution in [0.5, 0.6) is 0 Å². The third kappa shape index (κ3) is 15.5. The second kappa shape index (κ2) is 26.7. The van der Waals surface area contributed by atoms with Gasteiger partial charge in [-0.15, -0.1) is 0 Å². The molecule has 0 aromatic rings. The number of aliphatic carboxylic acids is 1. The molecule has 0 rings (SSSR count). The molecule has 6 unspecified atom stereocenters. The summed E-state index contributed by atoms with van der Waals surface area (Å²) in [7, 11) is 0. The van der Waals surface area contributed by atoms with Crippen molar-refractivity contribution < 1.29 is 71.2 Å². The molecule has 0 bridgehead atoms. The van der Waals surface area contributed by atoms with Gasteiger partial charge in [0.15, 0.2) is 0 Å². The molecule has 0 saturated heterocycles. The fraction of sp³-hybridized carbons (Fsp3) is 0.972. The highest BCUT2D eigenvalue weighted by Gasteiger charge is 2.67. The van der Waals surface area contributed by atoms with E-state index in [1.54, 1.807) is 0 Å². The molecule has 14 nitrogen and oxygen atoms in total. The van der Waals surface area contributed by atoms with E-state index in [4.69, 9.17) is 0 Å². The van der Waals surface area contributed by atoms with Crippen LogP contribution < -0.4 is 0 Å². The average molecular weight is 729 g/mol. The average Bonchev–Trinajstić information content (AvgIpc) is 3.10. The molecule has 14 heteroatoms. The number of hydrogen-bond acceptors (Lipinski definition) is 13. The molecule has 50 heavy (non-hydrogen) atoms. The highest BCUT2D eigenvalue weighted by atomic mass is 16.4. The molecule has 0 aromatic heterocycles. The molecule has 300 valence electrons. The maximum absolute atomic E-state index is 13.7. The van der Waals surface area contributed by atoms with Gasteiger partial charge in [0.05, 0.1) is 81.7 Å². The normalized spacial score (nSPS) is 19.5. The fourth-order valence-electron chi connectivity index (χ4n) is 8.39. The molecule has 0 aliphatic rings. The molecule has 0 amide bonds. The van der Waals surface area contributed by atoms with Gasteiger partial charge in [-0.2, -0.15) is 0 Å². The molecule has 0 radical (unpaired) electrons. The lowest BCUT2D eigenvalue weighted by atomic mass is 9.41. The monoisotopic (exact) mass is 728 g/mol. The first kappa shape index (κ1) is 49.0. The lowest BCUT2D eigenvalue weighted by Gasteiger charge is -2.62. The topological polar surface area (TPSA) is 280 Å².